The van der Waals surface area contributed by atoms with E-state index < -0.39 is 36.3 Å². The first-order valence-electron chi connectivity index (χ1n) is 9.65. The molecule has 2 unspecified atom stereocenters. The van der Waals surface area contributed by atoms with Gasteiger partial charge >= 0.3 is 12.3 Å². The number of rotatable bonds is 3. The lowest BCUT2D eigenvalue weighted by Gasteiger charge is -2.46. The zero-order valence-corrected chi connectivity index (χ0v) is 15.2. The highest BCUT2D eigenvalue weighted by molar-refractivity contribution is 5.80. The molecular weight excluding hydrogens is 365 g/mol. The highest BCUT2D eigenvalue weighted by atomic mass is 19.4. The van der Waals surface area contributed by atoms with E-state index in [0.717, 1.165) is 12.8 Å². The molecule has 0 radical (unpaired) electrons. The van der Waals surface area contributed by atoms with Crippen LogP contribution in [0.1, 0.15) is 44.9 Å². The van der Waals surface area contributed by atoms with Gasteiger partial charge < -0.3 is 20.0 Å². The quantitative estimate of drug-likeness (QED) is 0.774. The van der Waals surface area contributed by atoms with Crippen molar-refractivity contribution in [1.82, 2.24) is 9.80 Å². The Bertz CT molecular complexity index is 569. The number of alkyl halides is 3. The Morgan fingerprint density at radius 3 is 2.11 bits per heavy atom. The Morgan fingerprint density at radius 1 is 1.07 bits per heavy atom. The maximum absolute atomic E-state index is 13.7. The molecule has 3 rings (SSSR count). The Morgan fingerprint density at radius 2 is 1.63 bits per heavy atom. The fourth-order valence-corrected chi connectivity index (χ4v) is 5.33. The van der Waals surface area contributed by atoms with Gasteiger partial charge in [0.1, 0.15) is 0 Å². The van der Waals surface area contributed by atoms with Crippen LogP contribution in [0.2, 0.25) is 0 Å². The Balaban J connectivity index is 1.89. The molecular formula is C18H27F3N2O4. The second kappa shape index (κ2) is 7.48. The largest absolute Gasteiger partial charge is 0.465 e. The molecule has 9 heteroatoms. The number of halogens is 3. The zero-order valence-electron chi connectivity index (χ0n) is 15.2. The summed E-state index contributed by atoms with van der Waals surface area (Å²) in [5.41, 5.74) is -0.789. The normalized spacial score (nSPS) is 27.3. The minimum Gasteiger partial charge on any atom is -0.465 e. The van der Waals surface area contributed by atoms with Crippen LogP contribution in [-0.2, 0) is 4.79 Å². The van der Waals surface area contributed by atoms with Crippen molar-refractivity contribution in [1.29, 1.82) is 0 Å². The van der Waals surface area contributed by atoms with Crippen LogP contribution in [0.4, 0.5) is 18.0 Å². The third-order valence-electron chi connectivity index (χ3n) is 6.83. The average Bonchev–Trinajstić information content (AvgIpc) is 3.24. The van der Waals surface area contributed by atoms with Crippen molar-refractivity contribution >= 4 is 12.0 Å². The Kier molecular flexibility index (Phi) is 5.61. The molecule has 2 amide bonds. The summed E-state index contributed by atoms with van der Waals surface area (Å²) < 4.78 is 41.2. The Labute approximate surface area is 156 Å². The molecule has 0 bridgehead atoms. The van der Waals surface area contributed by atoms with Gasteiger partial charge in [-0.2, -0.15) is 13.2 Å². The van der Waals surface area contributed by atoms with Gasteiger partial charge in [-0.15, -0.1) is 0 Å². The molecule has 3 fully saturated rings. The summed E-state index contributed by atoms with van der Waals surface area (Å²) in [6, 6.07) is -1.12. The number of hydrogen-bond acceptors (Lipinski definition) is 3. The summed E-state index contributed by atoms with van der Waals surface area (Å²) in [6.45, 7) is -0.493. The van der Waals surface area contributed by atoms with Gasteiger partial charge in [0.05, 0.1) is 18.6 Å². The van der Waals surface area contributed by atoms with Crippen molar-refractivity contribution < 1.29 is 33.0 Å². The summed E-state index contributed by atoms with van der Waals surface area (Å²) in [5, 5.41) is 18.7. The van der Waals surface area contributed by atoms with Crippen molar-refractivity contribution in [3.05, 3.63) is 0 Å². The lowest BCUT2D eigenvalue weighted by Crippen LogP contribution is -2.57. The second-order valence-corrected chi connectivity index (χ2v) is 8.17. The van der Waals surface area contributed by atoms with Crippen LogP contribution in [0.3, 0.4) is 0 Å². The summed E-state index contributed by atoms with van der Waals surface area (Å²) in [4.78, 5) is 26.7. The van der Waals surface area contributed by atoms with Crippen molar-refractivity contribution in [2.24, 2.45) is 17.3 Å². The number of carboxylic acid groups (broad SMARTS) is 1. The first-order valence-corrected chi connectivity index (χ1v) is 9.65. The summed E-state index contributed by atoms with van der Waals surface area (Å²) in [5.74, 6) is -2.45. The van der Waals surface area contributed by atoms with Crippen LogP contribution in [0.25, 0.3) is 0 Å². The van der Waals surface area contributed by atoms with E-state index >= 15 is 0 Å². The molecule has 6 nitrogen and oxygen atoms in total. The molecule has 2 aliphatic heterocycles. The van der Waals surface area contributed by atoms with Gasteiger partial charge in [-0.1, -0.05) is 12.8 Å². The van der Waals surface area contributed by atoms with Gasteiger partial charge in [0.15, 0.2) is 0 Å². The number of nitrogens with zero attached hydrogens (tertiary/aromatic N) is 2. The Hall–Kier alpha value is -1.51. The van der Waals surface area contributed by atoms with Crippen molar-refractivity contribution in [3.8, 4) is 0 Å². The van der Waals surface area contributed by atoms with E-state index in [1.807, 2.05) is 0 Å². The SMILES string of the molecule is O=C(O)N1CCC2(CC1)CCN(C(=O)C1CCCC1)C2C(CO)C(F)(F)F. The second-order valence-electron chi connectivity index (χ2n) is 8.17. The molecule has 1 saturated carbocycles. The monoisotopic (exact) mass is 392 g/mol. The van der Waals surface area contributed by atoms with Gasteiger partial charge in [0.2, 0.25) is 5.91 Å². The summed E-state index contributed by atoms with van der Waals surface area (Å²) in [6.07, 6.45) is -1.46. The molecule has 2 atom stereocenters. The van der Waals surface area contributed by atoms with E-state index in [9.17, 15) is 27.9 Å². The van der Waals surface area contributed by atoms with E-state index in [0.29, 0.717) is 19.3 Å². The average molecular weight is 392 g/mol. The number of aliphatic hydroxyl groups excluding tert-OH is 1. The number of amides is 2. The zero-order chi connectivity index (χ0) is 19.8. The first kappa shape index (κ1) is 20.2. The summed E-state index contributed by atoms with van der Waals surface area (Å²) >= 11 is 0. The molecule has 2 heterocycles. The third-order valence-corrected chi connectivity index (χ3v) is 6.83. The van der Waals surface area contributed by atoms with Crippen LogP contribution in [0, 0.1) is 17.3 Å². The van der Waals surface area contributed by atoms with Gasteiger partial charge in [0, 0.05) is 25.6 Å². The van der Waals surface area contributed by atoms with Crippen LogP contribution in [0.15, 0.2) is 0 Å². The molecule has 2 N–H and O–H groups in total. The fourth-order valence-electron chi connectivity index (χ4n) is 5.33. The van der Waals surface area contributed by atoms with Gasteiger partial charge in [-0.05, 0) is 37.5 Å². The number of aliphatic hydroxyl groups is 1. The van der Waals surface area contributed by atoms with Gasteiger partial charge in [0.25, 0.3) is 0 Å². The van der Waals surface area contributed by atoms with E-state index in [1.54, 1.807) is 0 Å². The highest BCUT2D eigenvalue weighted by Crippen LogP contribution is 2.52. The van der Waals surface area contributed by atoms with Crippen molar-refractivity contribution in [2.75, 3.05) is 26.2 Å². The van der Waals surface area contributed by atoms with Crippen LogP contribution < -0.4 is 0 Å². The molecule has 154 valence electrons. The standard InChI is InChI=1S/C18H27F3N2O4/c19-18(20,21)13(11-24)14-17(5-8-22(9-6-17)16(26)27)7-10-23(14)15(25)12-3-1-2-4-12/h12-14,24H,1-11H2,(H,26,27). The van der Waals surface area contributed by atoms with Crippen LogP contribution >= 0.6 is 0 Å². The van der Waals surface area contributed by atoms with E-state index in [-0.39, 0.29) is 44.3 Å². The van der Waals surface area contributed by atoms with Gasteiger partial charge in [-0.3, -0.25) is 4.79 Å². The number of piperidine rings is 1. The number of likely N-dealkylation sites (tertiary alicyclic amines) is 2. The predicted octanol–water partition coefficient (Wildman–Crippen LogP) is 2.71. The molecule has 2 saturated heterocycles. The topological polar surface area (TPSA) is 81.1 Å². The van der Waals surface area contributed by atoms with Crippen LogP contribution in [-0.4, -0.2) is 70.5 Å². The molecule has 0 aromatic carbocycles. The van der Waals surface area contributed by atoms with Crippen LogP contribution in [0.5, 0.6) is 0 Å². The smallest absolute Gasteiger partial charge is 0.407 e. The lowest BCUT2D eigenvalue weighted by molar-refractivity contribution is -0.210. The van der Waals surface area contributed by atoms with E-state index in [4.69, 9.17) is 5.11 Å². The number of carbonyl (C=O) groups is 2. The predicted molar refractivity (Wildman–Crippen MR) is 90.0 cm³/mol. The molecule has 0 aromatic rings. The van der Waals surface area contributed by atoms with Gasteiger partial charge in [-0.25, -0.2) is 4.79 Å². The molecule has 1 spiro atoms. The van der Waals surface area contributed by atoms with E-state index in [2.05, 4.69) is 0 Å². The third kappa shape index (κ3) is 3.75. The highest BCUT2D eigenvalue weighted by Gasteiger charge is 2.59. The maximum Gasteiger partial charge on any atom is 0.407 e. The lowest BCUT2D eigenvalue weighted by atomic mass is 9.68. The van der Waals surface area contributed by atoms with E-state index in [1.165, 1.54) is 9.80 Å². The van der Waals surface area contributed by atoms with Crippen molar-refractivity contribution in [3.63, 3.8) is 0 Å². The molecule has 1 aliphatic carbocycles. The maximum atomic E-state index is 13.7. The minimum atomic E-state index is -4.62. The summed E-state index contributed by atoms with van der Waals surface area (Å²) in [7, 11) is 0. The molecule has 3 aliphatic rings. The number of carbonyl (C=O) groups excluding carboxylic acids is 1. The van der Waals surface area contributed by atoms with Crippen molar-refractivity contribution in [2.45, 2.75) is 57.2 Å². The molecule has 0 aromatic heterocycles. The minimum absolute atomic E-state index is 0.160. The fraction of sp³-hybridized carbons (Fsp3) is 0.889. The number of hydrogen-bond donors (Lipinski definition) is 2. The first-order chi connectivity index (χ1) is 12.7. The molecule has 27 heavy (non-hydrogen) atoms.